The molecule has 86 valence electrons. The van der Waals surface area contributed by atoms with E-state index in [0.717, 1.165) is 5.06 Å². The lowest BCUT2D eigenvalue weighted by molar-refractivity contribution is -0.202. The summed E-state index contributed by atoms with van der Waals surface area (Å²) in [7, 11) is 0. The molecule has 2 fully saturated rings. The Bertz CT molecular complexity index is 359. The smallest absolute Gasteiger partial charge is 0.260 e. The van der Waals surface area contributed by atoms with Crippen molar-refractivity contribution in [3.05, 3.63) is 12.2 Å². The molecule has 0 spiro atoms. The molecule has 16 heavy (non-hydrogen) atoms. The minimum Gasteiger partial charge on any atom is -0.365 e. The topological polar surface area (TPSA) is 55.8 Å². The van der Waals surface area contributed by atoms with Gasteiger partial charge >= 0.3 is 0 Å². The van der Waals surface area contributed by atoms with Crippen LogP contribution in [0.25, 0.3) is 0 Å². The molecule has 0 aromatic rings. The zero-order chi connectivity index (χ0) is 11.4. The van der Waals surface area contributed by atoms with Gasteiger partial charge in [0.1, 0.15) is 0 Å². The van der Waals surface area contributed by atoms with Gasteiger partial charge in [0.25, 0.3) is 11.8 Å². The van der Waals surface area contributed by atoms with Gasteiger partial charge in [-0.1, -0.05) is 12.2 Å². The second-order valence-corrected chi connectivity index (χ2v) is 4.63. The van der Waals surface area contributed by atoms with Crippen molar-refractivity contribution in [2.24, 2.45) is 11.8 Å². The van der Waals surface area contributed by atoms with Crippen LogP contribution >= 0.6 is 0 Å². The molecule has 3 aliphatic rings. The fraction of sp³-hybridized carbons (Fsp3) is 0.636. The lowest BCUT2D eigenvalue weighted by atomic mass is 9.85. The van der Waals surface area contributed by atoms with E-state index in [1.165, 1.54) is 0 Å². The molecule has 0 aliphatic carbocycles. The lowest BCUT2D eigenvalue weighted by Gasteiger charge is -2.18. The third kappa shape index (κ3) is 1.13. The van der Waals surface area contributed by atoms with Crippen molar-refractivity contribution >= 4 is 11.8 Å². The predicted octanol–water partition coefficient (Wildman–Crippen LogP) is 0.265. The van der Waals surface area contributed by atoms with Crippen LogP contribution in [0.5, 0.6) is 0 Å². The van der Waals surface area contributed by atoms with Crippen LogP contribution in [-0.2, 0) is 19.2 Å². The molecule has 0 unspecified atom stereocenters. The third-order valence-electron chi connectivity index (χ3n) is 3.19. The molecule has 0 radical (unpaired) electrons. The molecule has 2 amide bonds. The summed E-state index contributed by atoms with van der Waals surface area (Å²) < 4.78 is 5.50. The average molecular weight is 223 g/mol. The summed E-state index contributed by atoms with van der Waals surface area (Å²) in [5, 5.41) is 0.926. The Morgan fingerprint density at radius 3 is 2.12 bits per heavy atom. The van der Waals surface area contributed by atoms with Crippen LogP contribution in [0.15, 0.2) is 12.2 Å². The Morgan fingerprint density at radius 2 is 1.69 bits per heavy atom. The van der Waals surface area contributed by atoms with Gasteiger partial charge in [0.15, 0.2) is 0 Å². The van der Waals surface area contributed by atoms with Crippen molar-refractivity contribution in [3.8, 4) is 0 Å². The molecule has 2 saturated heterocycles. The number of carbonyl (C=O) groups excluding carboxylic acids is 2. The van der Waals surface area contributed by atoms with Gasteiger partial charge in [0, 0.05) is 0 Å². The van der Waals surface area contributed by atoms with Crippen LogP contribution in [0.3, 0.4) is 0 Å². The van der Waals surface area contributed by atoms with Crippen molar-refractivity contribution in [1.29, 1.82) is 0 Å². The van der Waals surface area contributed by atoms with Crippen molar-refractivity contribution < 1.29 is 19.2 Å². The maximum absolute atomic E-state index is 12.0. The zero-order valence-electron chi connectivity index (χ0n) is 9.12. The Hall–Kier alpha value is -1.20. The van der Waals surface area contributed by atoms with Crippen LogP contribution in [-0.4, -0.2) is 35.2 Å². The molecule has 3 aliphatic heterocycles. The van der Waals surface area contributed by atoms with Crippen LogP contribution in [0.4, 0.5) is 0 Å². The van der Waals surface area contributed by atoms with Gasteiger partial charge in [0.05, 0.1) is 30.1 Å². The van der Waals surface area contributed by atoms with Crippen molar-refractivity contribution in [1.82, 2.24) is 5.06 Å². The highest BCUT2D eigenvalue weighted by Gasteiger charge is 2.61. The molecule has 5 heteroatoms. The van der Waals surface area contributed by atoms with E-state index in [2.05, 4.69) is 0 Å². The van der Waals surface area contributed by atoms with Gasteiger partial charge in [-0.25, -0.2) is 0 Å². The Kier molecular flexibility index (Phi) is 1.96. The van der Waals surface area contributed by atoms with Crippen LogP contribution in [0.2, 0.25) is 0 Å². The average Bonchev–Trinajstić information content (AvgIpc) is 2.87. The van der Waals surface area contributed by atoms with Gasteiger partial charge in [-0.15, -0.1) is 0 Å². The monoisotopic (exact) mass is 223 g/mol. The van der Waals surface area contributed by atoms with E-state index >= 15 is 0 Å². The third-order valence-corrected chi connectivity index (χ3v) is 3.19. The van der Waals surface area contributed by atoms with Gasteiger partial charge in [-0.2, -0.15) is 5.06 Å². The first kappa shape index (κ1) is 9.99. The minimum atomic E-state index is -0.374. The summed E-state index contributed by atoms with van der Waals surface area (Å²) in [5.74, 6) is -1.27. The van der Waals surface area contributed by atoms with E-state index in [0.29, 0.717) is 0 Å². The molecule has 0 aromatic heterocycles. The highest BCUT2D eigenvalue weighted by Crippen LogP contribution is 2.45. The molecule has 3 heterocycles. The van der Waals surface area contributed by atoms with Crippen LogP contribution < -0.4 is 0 Å². The fourth-order valence-corrected chi connectivity index (χ4v) is 2.59. The fourth-order valence-electron chi connectivity index (χ4n) is 2.59. The maximum Gasteiger partial charge on any atom is 0.260 e. The normalized spacial score (nSPS) is 40.3. The lowest BCUT2D eigenvalue weighted by Crippen LogP contribution is -2.36. The van der Waals surface area contributed by atoms with E-state index in [1.54, 1.807) is 13.8 Å². The molecule has 3 rings (SSSR count). The number of hydroxylamine groups is 2. The first-order valence-electron chi connectivity index (χ1n) is 5.48. The van der Waals surface area contributed by atoms with Crippen molar-refractivity contribution in [2.75, 3.05) is 0 Å². The second-order valence-electron chi connectivity index (χ2n) is 4.63. The summed E-state index contributed by atoms with van der Waals surface area (Å²) >= 11 is 0. The SMILES string of the molecule is CC(C)ON1C(=O)[C@@H]2[C@H](C1=O)[C@@H]1C=C[C@H]2O1. The molecular formula is C11H13NO4. The van der Waals surface area contributed by atoms with Gasteiger partial charge in [0.2, 0.25) is 0 Å². The number of amides is 2. The summed E-state index contributed by atoms with van der Waals surface area (Å²) in [5.41, 5.74) is 0. The van der Waals surface area contributed by atoms with E-state index in [9.17, 15) is 9.59 Å². The summed E-state index contributed by atoms with van der Waals surface area (Å²) in [4.78, 5) is 29.2. The summed E-state index contributed by atoms with van der Waals surface area (Å²) in [6.07, 6.45) is 3.05. The largest absolute Gasteiger partial charge is 0.365 e. The molecule has 0 N–H and O–H groups in total. The minimum absolute atomic E-state index is 0.182. The molecule has 0 aromatic carbocycles. The van der Waals surface area contributed by atoms with Gasteiger partial charge in [-0.05, 0) is 13.8 Å². The van der Waals surface area contributed by atoms with Gasteiger partial charge in [-0.3, -0.25) is 14.4 Å². The molecule has 0 saturated carbocycles. The quantitative estimate of drug-likeness (QED) is 0.498. The van der Waals surface area contributed by atoms with E-state index < -0.39 is 0 Å². The first-order valence-corrected chi connectivity index (χ1v) is 5.48. The standard InChI is InChI=1S/C11H13NO4/c1-5(2)16-12-10(13)8-6-3-4-7(15-6)9(8)11(12)14/h3-9H,1-2H3/t6-,7+,8+,9-. The van der Waals surface area contributed by atoms with Crippen molar-refractivity contribution in [2.45, 2.75) is 32.2 Å². The number of rotatable bonds is 2. The van der Waals surface area contributed by atoms with Crippen LogP contribution in [0.1, 0.15) is 13.8 Å². The zero-order valence-corrected chi connectivity index (χ0v) is 9.12. The Morgan fingerprint density at radius 1 is 1.19 bits per heavy atom. The molecule has 2 bridgehead atoms. The Balaban J connectivity index is 1.89. The number of hydrogen-bond acceptors (Lipinski definition) is 4. The number of fused-ring (bicyclic) bond motifs is 5. The molecule has 5 nitrogen and oxygen atoms in total. The second kappa shape index (κ2) is 3.15. The van der Waals surface area contributed by atoms with E-state index in [4.69, 9.17) is 9.57 Å². The number of imide groups is 1. The van der Waals surface area contributed by atoms with E-state index in [-0.39, 0.29) is 42.0 Å². The summed E-state index contributed by atoms with van der Waals surface area (Å²) in [6, 6.07) is 0. The number of ether oxygens (including phenoxy) is 1. The molecule has 4 atom stereocenters. The van der Waals surface area contributed by atoms with E-state index in [1.807, 2.05) is 12.2 Å². The van der Waals surface area contributed by atoms with Crippen LogP contribution in [0, 0.1) is 11.8 Å². The first-order chi connectivity index (χ1) is 7.59. The Labute approximate surface area is 92.9 Å². The predicted molar refractivity (Wildman–Crippen MR) is 52.9 cm³/mol. The van der Waals surface area contributed by atoms with Gasteiger partial charge < -0.3 is 4.74 Å². The summed E-state index contributed by atoms with van der Waals surface area (Å²) in [6.45, 7) is 3.58. The maximum atomic E-state index is 12.0. The number of carbonyl (C=O) groups is 2. The highest BCUT2D eigenvalue weighted by molar-refractivity contribution is 6.05. The number of nitrogens with zero attached hydrogens (tertiary/aromatic N) is 1. The highest BCUT2D eigenvalue weighted by atomic mass is 16.7. The molecular weight excluding hydrogens is 210 g/mol. The number of hydrogen-bond donors (Lipinski definition) is 0. The van der Waals surface area contributed by atoms with Crippen molar-refractivity contribution in [3.63, 3.8) is 0 Å².